The van der Waals surface area contributed by atoms with E-state index in [1.54, 1.807) is 0 Å². The van der Waals surface area contributed by atoms with E-state index in [2.05, 4.69) is 36.1 Å². The highest BCUT2D eigenvalue weighted by Gasteiger charge is 2.27. The first-order valence-corrected chi connectivity index (χ1v) is 7.69. The van der Waals surface area contributed by atoms with Crippen LogP contribution in [0.5, 0.6) is 0 Å². The van der Waals surface area contributed by atoms with Crippen LogP contribution in [0, 0.1) is 6.92 Å². The third-order valence-electron chi connectivity index (χ3n) is 4.10. The van der Waals surface area contributed by atoms with E-state index in [9.17, 15) is 4.79 Å². The van der Waals surface area contributed by atoms with Gasteiger partial charge in [-0.15, -0.1) is 12.4 Å². The predicted octanol–water partition coefficient (Wildman–Crippen LogP) is 3.60. The Labute approximate surface area is 134 Å². The van der Waals surface area contributed by atoms with E-state index < -0.39 is 0 Å². The maximum atomic E-state index is 12.4. The lowest BCUT2D eigenvalue weighted by Crippen LogP contribution is -2.39. The highest BCUT2D eigenvalue weighted by molar-refractivity contribution is 5.85. The lowest BCUT2D eigenvalue weighted by atomic mass is 9.94. The van der Waals surface area contributed by atoms with Crippen molar-refractivity contribution in [1.29, 1.82) is 0 Å². The van der Waals surface area contributed by atoms with Gasteiger partial charge in [0.05, 0.1) is 6.04 Å². The molecule has 3 nitrogen and oxygen atoms in total. The maximum absolute atomic E-state index is 12.4. The average molecular weight is 311 g/mol. The summed E-state index contributed by atoms with van der Waals surface area (Å²) in [4.78, 5) is 14.5. The van der Waals surface area contributed by atoms with Crippen molar-refractivity contribution < 1.29 is 4.79 Å². The van der Waals surface area contributed by atoms with Gasteiger partial charge in [-0.1, -0.05) is 29.8 Å². The number of nitrogens with zero attached hydrogens (tertiary/aromatic N) is 1. The number of amides is 1. The summed E-state index contributed by atoms with van der Waals surface area (Å²) in [5.74, 6) is 0.257. The van der Waals surface area contributed by atoms with Crippen molar-refractivity contribution in [3.05, 3.63) is 35.4 Å². The van der Waals surface area contributed by atoms with Crippen molar-refractivity contribution in [3.63, 3.8) is 0 Å². The van der Waals surface area contributed by atoms with Crippen molar-refractivity contribution >= 4 is 18.3 Å². The van der Waals surface area contributed by atoms with E-state index >= 15 is 0 Å². The summed E-state index contributed by atoms with van der Waals surface area (Å²) >= 11 is 0. The SMILES string of the molecule is Cc1ccc(C2CCCCN2C(=O)CCC(C)N)cc1.Cl. The molecule has 21 heavy (non-hydrogen) atoms. The standard InChI is InChI=1S/C17H26N2O.ClH/c1-13-6-9-15(10-7-13)16-5-3-4-12-19(16)17(20)11-8-14(2)18;/h6-7,9-10,14,16H,3-5,8,11-12,18H2,1-2H3;1H. The Morgan fingerprint density at radius 1 is 1.33 bits per heavy atom. The number of aryl methyl sites for hydroxylation is 1. The van der Waals surface area contributed by atoms with E-state index in [-0.39, 0.29) is 30.4 Å². The lowest BCUT2D eigenvalue weighted by Gasteiger charge is -2.36. The number of carbonyl (C=O) groups is 1. The van der Waals surface area contributed by atoms with Crippen LogP contribution < -0.4 is 5.73 Å². The van der Waals surface area contributed by atoms with Gasteiger partial charge in [0.15, 0.2) is 0 Å². The summed E-state index contributed by atoms with van der Waals surface area (Å²) in [5.41, 5.74) is 8.29. The van der Waals surface area contributed by atoms with E-state index in [1.807, 2.05) is 6.92 Å². The molecule has 0 aromatic heterocycles. The van der Waals surface area contributed by atoms with Crippen LogP contribution in [-0.4, -0.2) is 23.4 Å². The van der Waals surface area contributed by atoms with Gasteiger partial charge < -0.3 is 10.6 Å². The number of nitrogens with two attached hydrogens (primary N) is 1. The zero-order valence-electron chi connectivity index (χ0n) is 13.0. The van der Waals surface area contributed by atoms with Crippen molar-refractivity contribution in [2.75, 3.05) is 6.54 Å². The van der Waals surface area contributed by atoms with Gasteiger partial charge >= 0.3 is 0 Å². The topological polar surface area (TPSA) is 46.3 Å². The molecule has 2 rings (SSSR count). The number of piperidine rings is 1. The third kappa shape index (κ3) is 5.01. The summed E-state index contributed by atoms with van der Waals surface area (Å²) in [6, 6.07) is 8.95. The zero-order valence-corrected chi connectivity index (χ0v) is 13.9. The Balaban J connectivity index is 0.00000220. The molecule has 0 aliphatic carbocycles. The molecule has 1 fully saturated rings. The molecule has 2 N–H and O–H groups in total. The monoisotopic (exact) mass is 310 g/mol. The normalized spacial score (nSPS) is 19.8. The van der Waals surface area contributed by atoms with Crippen LogP contribution in [0.15, 0.2) is 24.3 Å². The van der Waals surface area contributed by atoms with Gasteiger partial charge in [-0.2, -0.15) is 0 Å². The van der Waals surface area contributed by atoms with Gasteiger partial charge in [0.25, 0.3) is 0 Å². The Kier molecular flexibility index (Phi) is 7.20. The molecule has 0 saturated carbocycles. The van der Waals surface area contributed by atoms with E-state index in [0.717, 1.165) is 25.8 Å². The molecule has 4 heteroatoms. The fraction of sp³-hybridized carbons (Fsp3) is 0.588. The first kappa shape index (κ1) is 18.0. The Morgan fingerprint density at radius 3 is 2.62 bits per heavy atom. The highest BCUT2D eigenvalue weighted by Crippen LogP contribution is 2.31. The Hall–Kier alpha value is -1.06. The smallest absolute Gasteiger partial charge is 0.223 e. The molecule has 1 aliphatic heterocycles. The molecule has 1 aromatic carbocycles. The number of likely N-dealkylation sites (tertiary alicyclic amines) is 1. The second kappa shape index (κ2) is 8.40. The lowest BCUT2D eigenvalue weighted by molar-refractivity contribution is -0.135. The molecule has 0 radical (unpaired) electrons. The van der Waals surface area contributed by atoms with Crippen LogP contribution in [0.2, 0.25) is 0 Å². The van der Waals surface area contributed by atoms with Crippen molar-refractivity contribution in [2.24, 2.45) is 5.73 Å². The molecular formula is C17H27ClN2O. The molecule has 1 aliphatic rings. The maximum Gasteiger partial charge on any atom is 0.223 e. The summed E-state index contributed by atoms with van der Waals surface area (Å²) < 4.78 is 0. The number of carbonyl (C=O) groups excluding carboxylic acids is 1. The van der Waals surface area contributed by atoms with Crippen molar-refractivity contribution in [3.8, 4) is 0 Å². The minimum absolute atomic E-state index is 0. The Bertz CT molecular complexity index is 445. The quantitative estimate of drug-likeness (QED) is 0.923. The van der Waals surface area contributed by atoms with Gasteiger partial charge in [0.2, 0.25) is 5.91 Å². The molecular weight excluding hydrogens is 284 g/mol. The van der Waals surface area contributed by atoms with Gasteiger partial charge in [-0.05, 0) is 45.1 Å². The molecule has 2 unspecified atom stereocenters. The van der Waals surface area contributed by atoms with E-state index in [0.29, 0.717) is 6.42 Å². The second-order valence-electron chi connectivity index (χ2n) is 6.03. The minimum Gasteiger partial charge on any atom is -0.336 e. The Morgan fingerprint density at radius 2 is 2.00 bits per heavy atom. The second-order valence-corrected chi connectivity index (χ2v) is 6.03. The third-order valence-corrected chi connectivity index (χ3v) is 4.10. The number of hydrogen-bond acceptors (Lipinski definition) is 2. The van der Waals surface area contributed by atoms with Crippen LogP contribution in [0.3, 0.4) is 0 Å². The van der Waals surface area contributed by atoms with Gasteiger partial charge in [-0.25, -0.2) is 0 Å². The number of rotatable bonds is 4. The summed E-state index contributed by atoms with van der Waals surface area (Å²) in [7, 11) is 0. The van der Waals surface area contributed by atoms with Gasteiger partial charge in [-0.3, -0.25) is 4.79 Å². The van der Waals surface area contributed by atoms with Crippen molar-refractivity contribution in [2.45, 2.75) is 58.0 Å². The predicted molar refractivity (Wildman–Crippen MR) is 89.6 cm³/mol. The molecule has 0 bridgehead atoms. The molecule has 0 spiro atoms. The highest BCUT2D eigenvalue weighted by atomic mass is 35.5. The van der Waals surface area contributed by atoms with Crippen LogP contribution in [0.25, 0.3) is 0 Å². The number of halogens is 1. The molecule has 2 atom stereocenters. The zero-order chi connectivity index (χ0) is 14.5. The van der Waals surface area contributed by atoms with E-state index in [4.69, 9.17) is 5.73 Å². The first-order chi connectivity index (χ1) is 9.58. The fourth-order valence-electron chi connectivity index (χ4n) is 2.86. The van der Waals surface area contributed by atoms with Gasteiger partial charge in [0.1, 0.15) is 0 Å². The van der Waals surface area contributed by atoms with Crippen LogP contribution in [-0.2, 0) is 4.79 Å². The molecule has 1 amide bonds. The molecule has 1 saturated heterocycles. The summed E-state index contributed by atoms with van der Waals surface area (Å²) in [6.45, 7) is 4.94. The summed E-state index contributed by atoms with van der Waals surface area (Å²) in [6.07, 6.45) is 4.74. The number of hydrogen-bond donors (Lipinski definition) is 1. The van der Waals surface area contributed by atoms with Gasteiger partial charge in [0, 0.05) is 19.0 Å². The minimum atomic E-state index is 0. The van der Waals surface area contributed by atoms with Crippen LogP contribution in [0.4, 0.5) is 0 Å². The van der Waals surface area contributed by atoms with E-state index in [1.165, 1.54) is 17.5 Å². The molecule has 118 valence electrons. The van der Waals surface area contributed by atoms with Crippen molar-refractivity contribution in [1.82, 2.24) is 4.90 Å². The molecule has 1 heterocycles. The summed E-state index contributed by atoms with van der Waals surface area (Å²) in [5, 5.41) is 0. The average Bonchev–Trinajstić information content (AvgIpc) is 2.45. The fourth-order valence-corrected chi connectivity index (χ4v) is 2.86. The molecule has 1 aromatic rings. The first-order valence-electron chi connectivity index (χ1n) is 7.69. The largest absolute Gasteiger partial charge is 0.336 e. The van der Waals surface area contributed by atoms with Crippen LogP contribution >= 0.6 is 12.4 Å². The number of benzene rings is 1. The van der Waals surface area contributed by atoms with Crippen LogP contribution in [0.1, 0.15) is 56.2 Å².